The normalized spacial score (nSPS) is 12.2. The van der Waals surface area contributed by atoms with Crippen molar-refractivity contribution in [1.82, 2.24) is 10.3 Å². The SMILES string of the molecule is CNC(Cc1cccc(OC)c1F)c1ccncc1. The van der Waals surface area contributed by atoms with Crippen LogP contribution in [0.4, 0.5) is 4.39 Å². The summed E-state index contributed by atoms with van der Waals surface area (Å²) in [5.41, 5.74) is 1.72. The largest absolute Gasteiger partial charge is 0.494 e. The van der Waals surface area contributed by atoms with E-state index >= 15 is 0 Å². The van der Waals surface area contributed by atoms with Crippen LogP contribution in [0.2, 0.25) is 0 Å². The lowest BCUT2D eigenvalue weighted by Crippen LogP contribution is -2.19. The second-order valence-electron chi connectivity index (χ2n) is 4.26. The van der Waals surface area contributed by atoms with Gasteiger partial charge in [-0.15, -0.1) is 0 Å². The zero-order valence-electron chi connectivity index (χ0n) is 11.1. The number of nitrogens with zero attached hydrogens (tertiary/aromatic N) is 1. The summed E-state index contributed by atoms with van der Waals surface area (Å²) in [4.78, 5) is 3.99. The molecule has 0 aliphatic rings. The lowest BCUT2D eigenvalue weighted by molar-refractivity contribution is 0.383. The van der Waals surface area contributed by atoms with Gasteiger partial charge >= 0.3 is 0 Å². The molecular formula is C15H17FN2O. The molecule has 1 unspecified atom stereocenters. The molecule has 0 radical (unpaired) electrons. The van der Waals surface area contributed by atoms with Gasteiger partial charge in [0.2, 0.25) is 0 Å². The van der Waals surface area contributed by atoms with Gasteiger partial charge in [-0.3, -0.25) is 4.98 Å². The maximum absolute atomic E-state index is 14.1. The summed E-state index contributed by atoms with van der Waals surface area (Å²) < 4.78 is 19.1. The molecular weight excluding hydrogens is 243 g/mol. The summed E-state index contributed by atoms with van der Waals surface area (Å²) in [6.07, 6.45) is 4.03. The molecule has 0 saturated heterocycles. The van der Waals surface area contributed by atoms with Crippen molar-refractivity contribution in [3.63, 3.8) is 0 Å². The molecule has 19 heavy (non-hydrogen) atoms. The number of hydrogen-bond donors (Lipinski definition) is 1. The molecule has 0 fully saturated rings. The molecule has 1 aromatic heterocycles. The maximum Gasteiger partial charge on any atom is 0.168 e. The van der Waals surface area contributed by atoms with Crippen LogP contribution in [0.25, 0.3) is 0 Å². The van der Waals surface area contributed by atoms with E-state index in [1.54, 1.807) is 30.6 Å². The van der Waals surface area contributed by atoms with Crippen molar-refractivity contribution in [2.75, 3.05) is 14.2 Å². The first-order valence-electron chi connectivity index (χ1n) is 6.14. The molecule has 1 heterocycles. The van der Waals surface area contributed by atoms with Crippen LogP contribution in [-0.2, 0) is 6.42 Å². The van der Waals surface area contributed by atoms with Crippen molar-refractivity contribution in [2.24, 2.45) is 0 Å². The van der Waals surface area contributed by atoms with Crippen LogP contribution in [0.5, 0.6) is 5.75 Å². The molecule has 0 aliphatic carbocycles. The van der Waals surface area contributed by atoms with Gasteiger partial charge in [0.25, 0.3) is 0 Å². The van der Waals surface area contributed by atoms with Gasteiger partial charge in [-0.2, -0.15) is 0 Å². The molecule has 3 nitrogen and oxygen atoms in total. The third kappa shape index (κ3) is 3.09. The molecule has 1 atom stereocenters. The highest BCUT2D eigenvalue weighted by Gasteiger charge is 2.14. The van der Waals surface area contributed by atoms with E-state index in [1.807, 2.05) is 19.2 Å². The van der Waals surface area contributed by atoms with Gasteiger partial charge in [0.05, 0.1) is 7.11 Å². The average molecular weight is 260 g/mol. The van der Waals surface area contributed by atoms with Crippen LogP contribution in [0.3, 0.4) is 0 Å². The summed E-state index contributed by atoms with van der Waals surface area (Å²) in [6.45, 7) is 0. The molecule has 0 aliphatic heterocycles. The summed E-state index contributed by atoms with van der Waals surface area (Å²) in [5, 5.41) is 3.20. The highest BCUT2D eigenvalue weighted by molar-refractivity contribution is 5.32. The highest BCUT2D eigenvalue weighted by Crippen LogP contribution is 2.24. The predicted molar refractivity (Wildman–Crippen MR) is 72.7 cm³/mol. The third-order valence-electron chi connectivity index (χ3n) is 3.14. The molecule has 0 amide bonds. The molecule has 2 aromatic rings. The minimum absolute atomic E-state index is 0.0459. The fraction of sp³-hybridized carbons (Fsp3) is 0.267. The molecule has 4 heteroatoms. The van der Waals surface area contributed by atoms with E-state index in [0.717, 1.165) is 5.56 Å². The van der Waals surface area contributed by atoms with Crippen molar-refractivity contribution in [1.29, 1.82) is 0 Å². The predicted octanol–water partition coefficient (Wildman–Crippen LogP) is 2.73. The number of methoxy groups -OCH3 is 1. The standard InChI is InChI=1S/C15H17FN2O/c1-17-13(11-6-8-18-9-7-11)10-12-4-3-5-14(19-2)15(12)16/h3-9,13,17H,10H2,1-2H3. The van der Waals surface area contributed by atoms with Gasteiger partial charge in [-0.05, 0) is 42.8 Å². The van der Waals surface area contributed by atoms with Gasteiger partial charge in [0.15, 0.2) is 11.6 Å². The lowest BCUT2D eigenvalue weighted by Gasteiger charge is -2.17. The van der Waals surface area contributed by atoms with Gasteiger partial charge < -0.3 is 10.1 Å². The molecule has 0 saturated carbocycles. The lowest BCUT2D eigenvalue weighted by atomic mass is 9.99. The van der Waals surface area contributed by atoms with Crippen LogP contribution in [-0.4, -0.2) is 19.1 Å². The van der Waals surface area contributed by atoms with E-state index in [0.29, 0.717) is 12.0 Å². The van der Waals surface area contributed by atoms with E-state index in [2.05, 4.69) is 10.3 Å². The number of likely N-dealkylation sites (N-methyl/N-ethyl adjacent to an activating group) is 1. The van der Waals surface area contributed by atoms with E-state index in [-0.39, 0.29) is 17.6 Å². The molecule has 1 aromatic carbocycles. The fourth-order valence-electron chi connectivity index (χ4n) is 2.07. The molecule has 100 valence electrons. The number of ether oxygens (including phenoxy) is 1. The Bertz CT molecular complexity index is 531. The maximum atomic E-state index is 14.1. The Labute approximate surface area is 112 Å². The molecule has 0 bridgehead atoms. The Balaban J connectivity index is 2.24. The highest BCUT2D eigenvalue weighted by atomic mass is 19.1. The fourth-order valence-corrected chi connectivity index (χ4v) is 2.07. The number of pyridine rings is 1. The van der Waals surface area contributed by atoms with E-state index in [9.17, 15) is 4.39 Å². The van der Waals surface area contributed by atoms with Crippen molar-refractivity contribution in [2.45, 2.75) is 12.5 Å². The second-order valence-corrected chi connectivity index (χ2v) is 4.26. The van der Waals surface area contributed by atoms with Gasteiger partial charge in [-0.25, -0.2) is 4.39 Å². The number of rotatable bonds is 5. The molecule has 0 spiro atoms. The third-order valence-corrected chi connectivity index (χ3v) is 3.14. The zero-order chi connectivity index (χ0) is 13.7. The monoisotopic (exact) mass is 260 g/mol. The minimum Gasteiger partial charge on any atom is -0.494 e. The van der Waals surface area contributed by atoms with E-state index < -0.39 is 0 Å². The first-order chi connectivity index (χ1) is 9.26. The van der Waals surface area contributed by atoms with E-state index in [1.165, 1.54) is 7.11 Å². The Morgan fingerprint density at radius 2 is 2.00 bits per heavy atom. The quantitative estimate of drug-likeness (QED) is 0.897. The van der Waals surface area contributed by atoms with Crippen molar-refractivity contribution in [3.05, 3.63) is 59.7 Å². The Hall–Kier alpha value is -1.94. The summed E-state index contributed by atoms with van der Waals surface area (Å²) in [7, 11) is 3.34. The van der Waals surface area contributed by atoms with Gasteiger partial charge in [0, 0.05) is 18.4 Å². The molecule has 2 rings (SSSR count). The Morgan fingerprint density at radius 3 is 2.63 bits per heavy atom. The van der Waals surface area contributed by atoms with Gasteiger partial charge in [-0.1, -0.05) is 12.1 Å². The first kappa shape index (κ1) is 13.5. The summed E-state index contributed by atoms with van der Waals surface area (Å²) in [5.74, 6) is -0.0126. The molecule has 1 N–H and O–H groups in total. The topological polar surface area (TPSA) is 34.1 Å². The van der Waals surface area contributed by atoms with Crippen molar-refractivity contribution >= 4 is 0 Å². The van der Waals surface area contributed by atoms with Crippen LogP contribution < -0.4 is 10.1 Å². The number of nitrogens with one attached hydrogen (secondary N) is 1. The summed E-state index contributed by atoms with van der Waals surface area (Å²) in [6, 6.07) is 9.11. The zero-order valence-corrected chi connectivity index (χ0v) is 11.1. The summed E-state index contributed by atoms with van der Waals surface area (Å²) >= 11 is 0. The first-order valence-corrected chi connectivity index (χ1v) is 6.14. The smallest absolute Gasteiger partial charge is 0.168 e. The number of hydrogen-bond acceptors (Lipinski definition) is 3. The van der Waals surface area contributed by atoms with Crippen molar-refractivity contribution < 1.29 is 9.13 Å². The number of halogens is 1. The van der Waals surface area contributed by atoms with Crippen LogP contribution in [0.1, 0.15) is 17.2 Å². The van der Waals surface area contributed by atoms with Crippen molar-refractivity contribution in [3.8, 4) is 5.75 Å². The Kier molecular flexibility index (Phi) is 4.47. The Morgan fingerprint density at radius 1 is 1.26 bits per heavy atom. The average Bonchev–Trinajstić information content (AvgIpc) is 2.47. The van der Waals surface area contributed by atoms with Crippen LogP contribution in [0, 0.1) is 5.82 Å². The number of benzene rings is 1. The van der Waals surface area contributed by atoms with E-state index in [4.69, 9.17) is 4.74 Å². The van der Waals surface area contributed by atoms with Crippen LogP contribution in [0.15, 0.2) is 42.7 Å². The minimum atomic E-state index is -0.292. The van der Waals surface area contributed by atoms with Gasteiger partial charge in [0.1, 0.15) is 0 Å². The second kappa shape index (κ2) is 6.29. The number of aromatic nitrogens is 1. The van der Waals surface area contributed by atoms with Crippen LogP contribution >= 0.6 is 0 Å².